The summed E-state index contributed by atoms with van der Waals surface area (Å²) in [5, 5.41) is 22.9. The number of piperidine rings is 2. The summed E-state index contributed by atoms with van der Waals surface area (Å²) in [6.45, 7) is 5.33. The molecule has 186 valence electrons. The maximum atomic E-state index is 13.8. The zero-order chi connectivity index (χ0) is 24.5. The number of likely N-dealkylation sites (tertiary alicyclic amines) is 2. The van der Waals surface area contributed by atoms with Gasteiger partial charge >= 0.3 is 0 Å². The van der Waals surface area contributed by atoms with E-state index in [1.165, 1.54) is 18.9 Å². The van der Waals surface area contributed by atoms with Crippen molar-refractivity contribution in [1.82, 2.24) is 9.80 Å². The van der Waals surface area contributed by atoms with Crippen LogP contribution in [0.5, 0.6) is 17.2 Å². The molecule has 0 saturated carbocycles. The Hall–Kier alpha value is -3.03. The smallest absolute Gasteiger partial charge is 0.204 e. The van der Waals surface area contributed by atoms with Crippen LogP contribution < -0.4 is 10.2 Å². The normalized spacial score (nSPS) is 17.8. The molecule has 3 aromatic rings. The molecule has 2 aromatic carbocycles. The van der Waals surface area contributed by atoms with Crippen LogP contribution in [0, 0.1) is 6.92 Å². The topological polar surface area (TPSA) is 86.4 Å². The number of hydrogen-bond acceptors (Lipinski definition) is 7. The summed E-state index contributed by atoms with van der Waals surface area (Å²) in [6, 6.07) is 8.71. The number of rotatable bonds is 5. The number of fused-ring (bicyclic) bond motifs is 1. The van der Waals surface area contributed by atoms with Crippen molar-refractivity contribution >= 4 is 11.0 Å². The van der Waals surface area contributed by atoms with Gasteiger partial charge in [-0.1, -0.05) is 25.0 Å². The lowest BCUT2D eigenvalue weighted by Crippen LogP contribution is -2.46. The van der Waals surface area contributed by atoms with Gasteiger partial charge in [0, 0.05) is 6.07 Å². The summed E-state index contributed by atoms with van der Waals surface area (Å²) in [4.78, 5) is 18.5. The maximum Gasteiger partial charge on any atom is 0.204 e. The zero-order valence-electron chi connectivity index (χ0n) is 20.5. The van der Waals surface area contributed by atoms with E-state index in [0.29, 0.717) is 28.2 Å². The second kappa shape index (κ2) is 9.91. The van der Waals surface area contributed by atoms with Crippen LogP contribution in [0.2, 0.25) is 0 Å². The maximum absolute atomic E-state index is 13.8. The number of ether oxygens (including phenoxy) is 1. The molecule has 2 fully saturated rings. The van der Waals surface area contributed by atoms with Crippen molar-refractivity contribution in [2.24, 2.45) is 0 Å². The van der Waals surface area contributed by atoms with Crippen LogP contribution in [0.15, 0.2) is 39.5 Å². The third-order valence-corrected chi connectivity index (χ3v) is 7.46. The van der Waals surface area contributed by atoms with E-state index in [1.807, 2.05) is 12.1 Å². The molecule has 0 aliphatic carbocycles. The Morgan fingerprint density at radius 3 is 2.03 bits per heavy atom. The molecule has 2 aliphatic rings. The van der Waals surface area contributed by atoms with E-state index in [4.69, 9.17) is 9.15 Å². The summed E-state index contributed by atoms with van der Waals surface area (Å²) in [6.07, 6.45) is 6.44. The molecule has 35 heavy (non-hydrogen) atoms. The highest BCUT2D eigenvalue weighted by molar-refractivity contribution is 5.90. The summed E-state index contributed by atoms with van der Waals surface area (Å²) in [7, 11) is 1.60. The van der Waals surface area contributed by atoms with Crippen LogP contribution in [0.3, 0.4) is 0 Å². The zero-order valence-corrected chi connectivity index (χ0v) is 20.5. The van der Waals surface area contributed by atoms with Crippen molar-refractivity contribution < 1.29 is 19.4 Å². The lowest BCUT2D eigenvalue weighted by Gasteiger charge is -2.43. The van der Waals surface area contributed by atoms with Crippen molar-refractivity contribution in [1.29, 1.82) is 0 Å². The molecule has 0 unspecified atom stereocenters. The lowest BCUT2D eigenvalue weighted by atomic mass is 9.97. The van der Waals surface area contributed by atoms with Gasteiger partial charge in [-0.25, -0.2) is 0 Å². The standard InChI is InChI=1S/C28H34N2O5/c1-18-23(19-9-11-20(34-2)12-10-19)26(32)25-22(35-18)17-21(31)24(27(25)33)28(29-13-5-3-6-14-29)30-15-7-4-8-16-30/h9-12,17,28,31,33H,3-8,13-16H2,1-2H3. The summed E-state index contributed by atoms with van der Waals surface area (Å²) in [5.74, 6) is 0.918. The van der Waals surface area contributed by atoms with E-state index >= 15 is 0 Å². The monoisotopic (exact) mass is 478 g/mol. The molecule has 0 amide bonds. The summed E-state index contributed by atoms with van der Waals surface area (Å²) in [5.41, 5.74) is 1.40. The Morgan fingerprint density at radius 1 is 0.914 bits per heavy atom. The highest BCUT2D eigenvalue weighted by atomic mass is 16.5. The molecular formula is C28H34N2O5. The van der Waals surface area contributed by atoms with Crippen molar-refractivity contribution in [3.05, 3.63) is 51.9 Å². The average Bonchev–Trinajstić information content (AvgIpc) is 2.87. The van der Waals surface area contributed by atoms with E-state index in [-0.39, 0.29) is 34.1 Å². The van der Waals surface area contributed by atoms with Gasteiger partial charge in [0.1, 0.15) is 34.0 Å². The largest absolute Gasteiger partial charge is 0.507 e. The number of phenols is 2. The van der Waals surface area contributed by atoms with E-state index < -0.39 is 0 Å². The Kier molecular flexibility index (Phi) is 6.71. The molecule has 5 rings (SSSR count). The molecule has 7 heteroatoms. The Labute approximate surface area is 205 Å². The van der Waals surface area contributed by atoms with Crippen LogP contribution in [-0.4, -0.2) is 53.3 Å². The van der Waals surface area contributed by atoms with Crippen molar-refractivity contribution in [2.75, 3.05) is 33.3 Å². The minimum atomic E-state index is -0.302. The molecule has 3 heterocycles. The van der Waals surface area contributed by atoms with Crippen LogP contribution in [-0.2, 0) is 0 Å². The van der Waals surface area contributed by atoms with Gasteiger partial charge in [0.25, 0.3) is 0 Å². The van der Waals surface area contributed by atoms with Crippen molar-refractivity contribution in [2.45, 2.75) is 51.6 Å². The van der Waals surface area contributed by atoms with Gasteiger partial charge in [-0.2, -0.15) is 0 Å². The van der Waals surface area contributed by atoms with Crippen LogP contribution in [0.1, 0.15) is 56.0 Å². The molecule has 7 nitrogen and oxygen atoms in total. The van der Waals surface area contributed by atoms with Crippen LogP contribution >= 0.6 is 0 Å². The first kappa shape index (κ1) is 23.7. The van der Waals surface area contributed by atoms with Gasteiger partial charge in [-0.05, 0) is 76.5 Å². The molecular weight excluding hydrogens is 444 g/mol. The van der Waals surface area contributed by atoms with Gasteiger partial charge < -0.3 is 19.4 Å². The number of aromatic hydroxyl groups is 2. The molecule has 0 radical (unpaired) electrons. The molecule has 0 bridgehead atoms. The van der Waals surface area contributed by atoms with Gasteiger partial charge in [-0.15, -0.1) is 0 Å². The van der Waals surface area contributed by atoms with E-state index in [9.17, 15) is 15.0 Å². The molecule has 0 atom stereocenters. The third kappa shape index (κ3) is 4.39. The number of hydrogen-bond donors (Lipinski definition) is 2. The number of benzene rings is 2. The molecule has 2 N–H and O–H groups in total. The fourth-order valence-electron chi connectivity index (χ4n) is 5.72. The van der Waals surface area contributed by atoms with E-state index in [2.05, 4.69) is 9.80 Å². The van der Waals surface area contributed by atoms with Crippen molar-refractivity contribution in [3.8, 4) is 28.4 Å². The van der Waals surface area contributed by atoms with Gasteiger partial charge in [0.15, 0.2) is 0 Å². The van der Waals surface area contributed by atoms with Crippen molar-refractivity contribution in [3.63, 3.8) is 0 Å². The van der Waals surface area contributed by atoms with Gasteiger partial charge in [-0.3, -0.25) is 14.6 Å². The molecule has 0 spiro atoms. The second-order valence-electron chi connectivity index (χ2n) is 9.69. The summed E-state index contributed by atoms with van der Waals surface area (Å²) >= 11 is 0. The highest BCUT2D eigenvalue weighted by Gasteiger charge is 2.34. The van der Waals surface area contributed by atoms with E-state index in [0.717, 1.165) is 51.9 Å². The third-order valence-electron chi connectivity index (χ3n) is 7.46. The Bertz CT molecular complexity index is 1240. The van der Waals surface area contributed by atoms with Gasteiger partial charge in [0.05, 0.1) is 24.4 Å². The highest BCUT2D eigenvalue weighted by Crippen LogP contribution is 2.44. The second-order valence-corrected chi connectivity index (χ2v) is 9.69. The summed E-state index contributed by atoms with van der Waals surface area (Å²) < 4.78 is 11.2. The first-order chi connectivity index (χ1) is 17.0. The minimum absolute atomic E-state index is 0.0316. The van der Waals surface area contributed by atoms with Crippen LogP contribution in [0.4, 0.5) is 0 Å². The Balaban J connectivity index is 1.69. The molecule has 2 saturated heterocycles. The minimum Gasteiger partial charge on any atom is -0.507 e. The first-order valence-corrected chi connectivity index (χ1v) is 12.6. The number of methoxy groups -OCH3 is 1. The molecule has 1 aromatic heterocycles. The fourth-order valence-corrected chi connectivity index (χ4v) is 5.72. The van der Waals surface area contributed by atoms with Crippen LogP contribution in [0.25, 0.3) is 22.1 Å². The quantitative estimate of drug-likeness (QED) is 0.524. The average molecular weight is 479 g/mol. The fraction of sp³-hybridized carbons (Fsp3) is 0.464. The van der Waals surface area contributed by atoms with Gasteiger partial charge in [0.2, 0.25) is 5.43 Å². The Morgan fingerprint density at radius 2 is 1.49 bits per heavy atom. The number of nitrogens with zero attached hydrogens (tertiary/aromatic N) is 2. The first-order valence-electron chi connectivity index (χ1n) is 12.6. The lowest BCUT2D eigenvalue weighted by molar-refractivity contribution is 0.0130. The number of phenolic OH excluding ortho intramolecular Hbond substituents is 2. The number of aryl methyl sites for hydroxylation is 1. The predicted octanol–water partition coefficient (Wildman–Crippen LogP) is 5.16. The SMILES string of the molecule is COc1ccc(-c2c(C)oc3cc(O)c(C(N4CCCCC4)N4CCCCC4)c(O)c3c2=O)cc1. The predicted molar refractivity (Wildman–Crippen MR) is 136 cm³/mol. The van der Waals surface area contributed by atoms with E-state index in [1.54, 1.807) is 26.2 Å². The molecule has 2 aliphatic heterocycles.